The average Bonchev–Trinajstić information content (AvgIpc) is 2.84. The Morgan fingerprint density at radius 3 is 2.35 bits per heavy atom. The van der Waals surface area contributed by atoms with Crippen LogP contribution in [0.25, 0.3) is 0 Å². The molecule has 108 valence electrons. The molecule has 2 heterocycles. The monoisotopic (exact) mass is 276 g/mol. The SMILES string of the molecule is COc1ccc(C(=O)C2CC3CCC(C2)O3)cc1OC. The highest BCUT2D eigenvalue weighted by atomic mass is 16.5. The second kappa shape index (κ2) is 5.44. The van der Waals surface area contributed by atoms with E-state index in [2.05, 4.69) is 0 Å². The maximum atomic E-state index is 12.6. The van der Waals surface area contributed by atoms with Gasteiger partial charge in [-0.1, -0.05) is 0 Å². The molecular formula is C16H20O4. The number of Topliss-reactive ketones (excluding diaryl/α,β-unsaturated/α-hetero) is 1. The van der Waals surface area contributed by atoms with Gasteiger partial charge in [-0.15, -0.1) is 0 Å². The van der Waals surface area contributed by atoms with Crippen molar-refractivity contribution in [3.05, 3.63) is 23.8 Å². The Morgan fingerprint density at radius 2 is 1.75 bits per heavy atom. The molecule has 0 aliphatic carbocycles. The van der Waals surface area contributed by atoms with E-state index in [9.17, 15) is 4.79 Å². The Bertz CT molecular complexity index is 499. The van der Waals surface area contributed by atoms with E-state index < -0.39 is 0 Å². The first kappa shape index (κ1) is 13.4. The van der Waals surface area contributed by atoms with Crippen LogP contribution in [0.2, 0.25) is 0 Å². The first-order valence-electron chi connectivity index (χ1n) is 7.13. The molecule has 0 spiro atoms. The Kier molecular flexibility index (Phi) is 3.66. The van der Waals surface area contributed by atoms with Crippen molar-refractivity contribution >= 4 is 5.78 Å². The second-order valence-corrected chi connectivity index (χ2v) is 5.56. The third-order valence-electron chi connectivity index (χ3n) is 4.33. The van der Waals surface area contributed by atoms with Gasteiger partial charge >= 0.3 is 0 Å². The van der Waals surface area contributed by atoms with Gasteiger partial charge in [0.25, 0.3) is 0 Å². The molecule has 0 N–H and O–H groups in total. The molecule has 1 aromatic carbocycles. The normalized spacial score (nSPS) is 28.2. The van der Waals surface area contributed by atoms with Crippen LogP contribution in [0.1, 0.15) is 36.0 Å². The molecule has 2 bridgehead atoms. The molecule has 2 saturated heterocycles. The summed E-state index contributed by atoms with van der Waals surface area (Å²) in [5.74, 6) is 1.54. The fraction of sp³-hybridized carbons (Fsp3) is 0.562. The van der Waals surface area contributed by atoms with Crippen molar-refractivity contribution in [2.45, 2.75) is 37.9 Å². The lowest BCUT2D eigenvalue weighted by molar-refractivity contribution is -0.0149. The molecule has 0 radical (unpaired) electrons. The third-order valence-corrected chi connectivity index (χ3v) is 4.33. The minimum Gasteiger partial charge on any atom is -0.493 e. The highest BCUT2D eigenvalue weighted by molar-refractivity contribution is 5.98. The second-order valence-electron chi connectivity index (χ2n) is 5.56. The summed E-state index contributed by atoms with van der Waals surface area (Å²) in [5.41, 5.74) is 0.703. The molecule has 20 heavy (non-hydrogen) atoms. The van der Waals surface area contributed by atoms with Gasteiger partial charge in [-0.3, -0.25) is 4.79 Å². The summed E-state index contributed by atoms with van der Waals surface area (Å²) < 4.78 is 16.3. The van der Waals surface area contributed by atoms with Crippen molar-refractivity contribution in [1.82, 2.24) is 0 Å². The van der Waals surface area contributed by atoms with Gasteiger partial charge in [0.15, 0.2) is 17.3 Å². The van der Waals surface area contributed by atoms with Crippen molar-refractivity contribution < 1.29 is 19.0 Å². The molecule has 2 atom stereocenters. The average molecular weight is 276 g/mol. The quantitative estimate of drug-likeness (QED) is 0.793. The zero-order chi connectivity index (χ0) is 14.1. The number of hydrogen-bond acceptors (Lipinski definition) is 4. The van der Waals surface area contributed by atoms with E-state index in [-0.39, 0.29) is 23.9 Å². The van der Waals surface area contributed by atoms with E-state index >= 15 is 0 Å². The van der Waals surface area contributed by atoms with Crippen LogP contribution < -0.4 is 9.47 Å². The Balaban J connectivity index is 1.80. The van der Waals surface area contributed by atoms with Crippen LogP contribution in [-0.2, 0) is 4.74 Å². The number of carbonyl (C=O) groups is 1. The van der Waals surface area contributed by atoms with Crippen LogP contribution >= 0.6 is 0 Å². The summed E-state index contributed by atoms with van der Waals surface area (Å²) in [6, 6.07) is 5.39. The van der Waals surface area contributed by atoms with E-state index in [0.717, 1.165) is 25.7 Å². The molecule has 4 heteroatoms. The van der Waals surface area contributed by atoms with Crippen molar-refractivity contribution in [2.75, 3.05) is 14.2 Å². The van der Waals surface area contributed by atoms with Crippen molar-refractivity contribution in [1.29, 1.82) is 0 Å². The van der Waals surface area contributed by atoms with Gasteiger partial charge in [0.1, 0.15) is 0 Å². The molecule has 0 aromatic heterocycles. The summed E-state index contributed by atoms with van der Waals surface area (Å²) in [7, 11) is 3.18. The van der Waals surface area contributed by atoms with Crippen LogP contribution in [0.5, 0.6) is 11.5 Å². The maximum absolute atomic E-state index is 12.6. The first-order chi connectivity index (χ1) is 9.71. The molecule has 2 unspecified atom stereocenters. The molecule has 2 fully saturated rings. The number of carbonyl (C=O) groups excluding carboxylic acids is 1. The molecule has 2 aliphatic heterocycles. The largest absolute Gasteiger partial charge is 0.493 e. The minimum atomic E-state index is 0.0827. The molecule has 4 nitrogen and oxygen atoms in total. The van der Waals surface area contributed by atoms with Crippen LogP contribution in [0.4, 0.5) is 0 Å². The zero-order valence-corrected chi connectivity index (χ0v) is 11.9. The predicted molar refractivity (Wildman–Crippen MR) is 74.5 cm³/mol. The summed E-state index contributed by atoms with van der Waals surface area (Å²) in [6.45, 7) is 0. The van der Waals surface area contributed by atoms with E-state index in [0.29, 0.717) is 17.1 Å². The van der Waals surface area contributed by atoms with E-state index in [1.165, 1.54) is 0 Å². The Labute approximate surface area is 119 Å². The van der Waals surface area contributed by atoms with Crippen molar-refractivity contribution in [3.8, 4) is 11.5 Å². The smallest absolute Gasteiger partial charge is 0.166 e. The molecular weight excluding hydrogens is 256 g/mol. The summed E-state index contributed by atoms with van der Waals surface area (Å²) in [4.78, 5) is 12.6. The maximum Gasteiger partial charge on any atom is 0.166 e. The van der Waals surface area contributed by atoms with Gasteiger partial charge in [0.2, 0.25) is 0 Å². The number of methoxy groups -OCH3 is 2. The van der Waals surface area contributed by atoms with Gasteiger partial charge in [-0.2, -0.15) is 0 Å². The number of rotatable bonds is 4. The Morgan fingerprint density at radius 1 is 1.10 bits per heavy atom. The lowest BCUT2D eigenvalue weighted by atomic mass is 9.88. The number of hydrogen-bond donors (Lipinski definition) is 0. The molecule has 1 aromatic rings. The van der Waals surface area contributed by atoms with Crippen LogP contribution in [0, 0.1) is 5.92 Å². The van der Waals surface area contributed by atoms with Gasteiger partial charge in [0.05, 0.1) is 26.4 Å². The summed E-state index contributed by atoms with van der Waals surface area (Å²) >= 11 is 0. The summed E-state index contributed by atoms with van der Waals surface area (Å²) in [6.07, 6.45) is 4.46. The molecule has 3 rings (SSSR count). The van der Waals surface area contributed by atoms with E-state index in [4.69, 9.17) is 14.2 Å². The Hall–Kier alpha value is -1.55. The van der Waals surface area contributed by atoms with Crippen molar-refractivity contribution in [2.24, 2.45) is 5.92 Å². The van der Waals surface area contributed by atoms with Crippen LogP contribution in [0.15, 0.2) is 18.2 Å². The first-order valence-corrected chi connectivity index (χ1v) is 7.13. The standard InChI is InChI=1S/C16H20O4/c1-18-14-6-3-10(9-15(14)19-2)16(17)11-7-12-4-5-13(8-11)20-12/h3,6,9,11-13H,4-5,7-8H2,1-2H3. The molecule has 0 saturated carbocycles. The molecule has 0 amide bonds. The fourth-order valence-electron chi connectivity index (χ4n) is 3.30. The van der Waals surface area contributed by atoms with Crippen LogP contribution in [-0.4, -0.2) is 32.2 Å². The van der Waals surface area contributed by atoms with Crippen molar-refractivity contribution in [3.63, 3.8) is 0 Å². The lowest BCUT2D eigenvalue weighted by Crippen LogP contribution is -2.30. The molecule has 2 aliphatic rings. The number of benzene rings is 1. The number of fused-ring (bicyclic) bond motifs is 2. The van der Waals surface area contributed by atoms with Gasteiger partial charge < -0.3 is 14.2 Å². The third kappa shape index (κ3) is 2.40. The van der Waals surface area contributed by atoms with Gasteiger partial charge in [0, 0.05) is 11.5 Å². The fourth-order valence-corrected chi connectivity index (χ4v) is 3.30. The highest BCUT2D eigenvalue weighted by Crippen LogP contribution is 2.38. The van der Waals surface area contributed by atoms with Gasteiger partial charge in [-0.25, -0.2) is 0 Å². The highest BCUT2D eigenvalue weighted by Gasteiger charge is 2.38. The number of ether oxygens (including phenoxy) is 3. The van der Waals surface area contributed by atoms with Crippen LogP contribution in [0.3, 0.4) is 0 Å². The predicted octanol–water partition coefficient (Wildman–Crippen LogP) is 2.84. The van der Waals surface area contributed by atoms with Gasteiger partial charge in [-0.05, 0) is 43.9 Å². The topological polar surface area (TPSA) is 44.8 Å². The summed E-state index contributed by atoms with van der Waals surface area (Å²) in [5, 5.41) is 0. The number of ketones is 1. The zero-order valence-electron chi connectivity index (χ0n) is 11.9. The van der Waals surface area contributed by atoms with E-state index in [1.807, 2.05) is 6.07 Å². The van der Waals surface area contributed by atoms with E-state index in [1.54, 1.807) is 26.4 Å². The lowest BCUT2D eigenvalue weighted by Gasteiger charge is -2.27. The minimum absolute atomic E-state index is 0.0827.